The molecule has 1 aromatic rings. The van der Waals surface area contributed by atoms with Crippen LogP contribution in [-0.4, -0.2) is 23.1 Å². The monoisotopic (exact) mass is 204 g/mol. The summed E-state index contributed by atoms with van der Waals surface area (Å²) in [7, 11) is 0. The van der Waals surface area contributed by atoms with Crippen molar-refractivity contribution in [2.45, 2.75) is 27.2 Å². The number of hydrogen-bond donors (Lipinski definition) is 1. The summed E-state index contributed by atoms with van der Waals surface area (Å²) in [5, 5.41) is 6.73. The van der Waals surface area contributed by atoms with E-state index < -0.39 is 0 Å². The van der Waals surface area contributed by atoms with Crippen LogP contribution in [0.5, 0.6) is 0 Å². The molecule has 4 heteroatoms. The first-order valence-electron chi connectivity index (χ1n) is 4.89. The molecule has 1 rings (SSSR count). The molecule has 0 bridgehead atoms. The van der Waals surface area contributed by atoms with Gasteiger partial charge in [-0.1, -0.05) is 6.92 Å². The van der Waals surface area contributed by atoms with E-state index in [0.717, 1.165) is 29.1 Å². The normalized spacial score (nSPS) is 13.0. The fraction of sp³-hybridized carbons (Fsp3) is 0.364. The summed E-state index contributed by atoms with van der Waals surface area (Å²) in [6, 6.07) is 0. The highest BCUT2D eigenvalue weighted by atomic mass is 15.1. The second kappa shape index (κ2) is 5.24. The van der Waals surface area contributed by atoms with Crippen LogP contribution < -0.4 is 0 Å². The van der Waals surface area contributed by atoms with Crippen LogP contribution >= 0.6 is 0 Å². The van der Waals surface area contributed by atoms with Crippen LogP contribution in [0.25, 0.3) is 0 Å². The smallest absolute Gasteiger partial charge is 0.104 e. The van der Waals surface area contributed by atoms with E-state index in [2.05, 4.69) is 26.9 Å². The fourth-order valence-corrected chi connectivity index (χ4v) is 1.23. The first kappa shape index (κ1) is 11.4. The Bertz CT molecular complexity index is 398. The van der Waals surface area contributed by atoms with Gasteiger partial charge in [-0.2, -0.15) is 5.10 Å². The van der Waals surface area contributed by atoms with Crippen molar-refractivity contribution in [3.05, 3.63) is 23.2 Å². The van der Waals surface area contributed by atoms with E-state index in [9.17, 15) is 0 Å². The maximum atomic E-state index is 4.32. The van der Waals surface area contributed by atoms with E-state index in [1.165, 1.54) is 0 Å². The summed E-state index contributed by atoms with van der Waals surface area (Å²) in [6.07, 6.45) is 4.36. The topological polar surface area (TPSA) is 53.4 Å². The van der Waals surface area contributed by atoms with Crippen LogP contribution in [0.2, 0.25) is 0 Å². The fourth-order valence-electron chi connectivity index (χ4n) is 1.23. The minimum Gasteiger partial charge on any atom is -0.281 e. The number of nitrogens with zero attached hydrogens (tertiary/aromatic N) is 3. The molecule has 1 heterocycles. The van der Waals surface area contributed by atoms with Crippen LogP contribution in [0.4, 0.5) is 5.69 Å². The van der Waals surface area contributed by atoms with Gasteiger partial charge in [0, 0.05) is 11.9 Å². The quantitative estimate of drug-likeness (QED) is 0.753. The molecule has 0 aromatic carbocycles. The van der Waals surface area contributed by atoms with Crippen molar-refractivity contribution in [2.24, 2.45) is 9.98 Å². The highest BCUT2D eigenvalue weighted by Gasteiger charge is 1.97. The molecule has 0 aliphatic rings. The van der Waals surface area contributed by atoms with E-state index in [0.29, 0.717) is 0 Å². The van der Waals surface area contributed by atoms with Gasteiger partial charge in [-0.3, -0.25) is 15.1 Å². The number of rotatable bonds is 4. The van der Waals surface area contributed by atoms with Gasteiger partial charge in [0.2, 0.25) is 0 Å². The number of aliphatic imine (C=N–C) groups is 2. The van der Waals surface area contributed by atoms with Crippen molar-refractivity contribution >= 4 is 18.6 Å². The number of hydrogen-bond acceptors (Lipinski definition) is 3. The Morgan fingerprint density at radius 2 is 2.40 bits per heavy atom. The molecule has 80 valence electrons. The second-order valence-corrected chi connectivity index (χ2v) is 3.28. The van der Waals surface area contributed by atoms with Gasteiger partial charge in [-0.15, -0.1) is 0 Å². The molecular formula is C11H16N4. The Kier molecular flexibility index (Phi) is 3.97. The molecule has 1 N–H and O–H groups in total. The summed E-state index contributed by atoms with van der Waals surface area (Å²) in [5.41, 5.74) is 3.82. The molecule has 0 amide bonds. The molecule has 1 aromatic heterocycles. The summed E-state index contributed by atoms with van der Waals surface area (Å²) < 4.78 is 0. The molecule has 0 spiro atoms. The number of aryl methyl sites for hydroxylation is 1. The van der Waals surface area contributed by atoms with Crippen molar-refractivity contribution in [3.63, 3.8) is 0 Å². The summed E-state index contributed by atoms with van der Waals surface area (Å²) in [4.78, 5) is 8.26. The van der Waals surface area contributed by atoms with Gasteiger partial charge in [0.1, 0.15) is 5.69 Å². The van der Waals surface area contributed by atoms with E-state index >= 15 is 0 Å². The molecule has 0 aliphatic heterocycles. The molecule has 0 unspecified atom stereocenters. The van der Waals surface area contributed by atoms with E-state index in [1.54, 1.807) is 12.4 Å². The Balaban J connectivity index is 2.86. The number of nitrogens with one attached hydrogen (secondary N) is 1. The van der Waals surface area contributed by atoms with Crippen LogP contribution in [0.1, 0.15) is 26.0 Å². The number of aromatic nitrogens is 2. The third kappa shape index (κ3) is 2.87. The zero-order chi connectivity index (χ0) is 11.3. The molecule has 15 heavy (non-hydrogen) atoms. The van der Waals surface area contributed by atoms with Gasteiger partial charge in [0.25, 0.3) is 0 Å². The first-order chi connectivity index (χ1) is 7.19. The second-order valence-electron chi connectivity index (χ2n) is 3.28. The Morgan fingerprint density at radius 3 is 2.87 bits per heavy atom. The maximum Gasteiger partial charge on any atom is 0.104 e. The lowest BCUT2D eigenvalue weighted by Crippen LogP contribution is -1.85. The Labute approximate surface area is 89.8 Å². The van der Waals surface area contributed by atoms with Gasteiger partial charge in [0.05, 0.1) is 11.9 Å². The van der Waals surface area contributed by atoms with Crippen molar-refractivity contribution in [1.29, 1.82) is 0 Å². The molecule has 0 saturated heterocycles. The number of allylic oxidation sites excluding steroid dienone is 2. The largest absolute Gasteiger partial charge is 0.281 e. The lowest BCUT2D eigenvalue weighted by Gasteiger charge is -1.98. The molecule has 4 nitrogen and oxygen atoms in total. The van der Waals surface area contributed by atoms with E-state index in [1.807, 2.05) is 20.8 Å². The Hall–Kier alpha value is -1.71. The van der Waals surface area contributed by atoms with Gasteiger partial charge in [-0.05, 0) is 32.6 Å². The van der Waals surface area contributed by atoms with Gasteiger partial charge in [-0.25, -0.2) is 0 Å². The van der Waals surface area contributed by atoms with E-state index in [4.69, 9.17) is 0 Å². The number of aromatic amines is 1. The Morgan fingerprint density at radius 1 is 1.67 bits per heavy atom. The first-order valence-corrected chi connectivity index (χ1v) is 4.89. The summed E-state index contributed by atoms with van der Waals surface area (Å²) >= 11 is 0. The molecule has 0 radical (unpaired) electrons. The van der Waals surface area contributed by atoms with Gasteiger partial charge >= 0.3 is 0 Å². The SMILES string of the molecule is C=N/C(CC)=C(C)\C=N/c1cn[nH]c1C. The zero-order valence-corrected chi connectivity index (χ0v) is 9.41. The average Bonchev–Trinajstić information content (AvgIpc) is 2.63. The van der Waals surface area contributed by atoms with Crippen molar-refractivity contribution < 1.29 is 0 Å². The standard InChI is InChI=1S/C11H16N4/c1-5-10(12-4)8(2)6-13-11-7-14-15-9(11)3/h6-7H,4-5H2,1-3H3,(H,14,15)/b10-8-,13-6-. The van der Waals surface area contributed by atoms with Crippen LogP contribution in [0, 0.1) is 6.92 Å². The summed E-state index contributed by atoms with van der Waals surface area (Å²) in [6.45, 7) is 9.49. The van der Waals surface area contributed by atoms with E-state index in [-0.39, 0.29) is 0 Å². The molecule has 0 aliphatic carbocycles. The highest BCUT2D eigenvalue weighted by molar-refractivity contribution is 5.81. The lowest BCUT2D eigenvalue weighted by molar-refractivity contribution is 1.05. The highest BCUT2D eigenvalue weighted by Crippen LogP contribution is 2.15. The predicted molar refractivity (Wildman–Crippen MR) is 64.0 cm³/mol. The third-order valence-corrected chi connectivity index (χ3v) is 2.18. The molecular weight excluding hydrogens is 188 g/mol. The summed E-state index contributed by atoms with van der Waals surface area (Å²) in [5.74, 6) is 0. The van der Waals surface area contributed by atoms with Crippen LogP contribution in [0.3, 0.4) is 0 Å². The minimum absolute atomic E-state index is 0.855. The van der Waals surface area contributed by atoms with Crippen LogP contribution in [0.15, 0.2) is 27.5 Å². The number of H-pyrrole nitrogens is 1. The van der Waals surface area contributed by atoms with Gasteiger partial charge < -0.3 is 0 Å². The molecule has 0 atom stereocenters. The van der Waals surface area contributed by atoms with Crippen LogP contribution in [-0.2, 0) is 0 Å². The minimum atomic E-state index is 0.855. The lowest BCUT2D eigenvalue weighted by atomic mass is 10.2. The predicted octanol–water partition coefficient (Wildman–Crippen LogP) is 2.81. The maximum absolute atomic E-state index is 4.32. The molecule has 0 saturated carbocycles. The van der Waals surface area contributed by atoms with Gasteiger partial charge in [0.15, 0.2) is 0 Å². The average molecular weight is 204 g/mol. The van der Waals surface area contributed by atoms with Crippen molar-refractivity contribution in [3.8, 4) is 0 Å². The molecule has 0 fully saturated rings. The third-order valence-electron chi connectivity index (χ3n) is 2.18. The van der Waals surface area contributed by atoms with Crippen molar-refractivity contribution in [1.82, 2.24) is 10.2 Å². The zero-order valence-electron chi connectivity index (χ0n) is 9.41. The van der Waals surface area contributed by atoms with Crippen molar-refractivity contribution in [2.75, 3.05) is 0 Å².